The van der Waals surface area contributed by atoms with E-state index in [9.17, 15) is 4.79 Å². The average Bonchev–Trinajstić information content (AvgIpc) is 3.35. The van der Waals surface area contributed by atoms with Crippen molar-refractivity contribution >= 4 is 17.3 Å². The van der Waals surface area contributed by atoms with Gasteiger partial charge in [0.15, 0.2) is 0 Å². The molecular formula is C30H20ClN3O. The molecule has 1 aliphatic heterocycles. The second-order valence-electron chi connectivity index (χ2n) is 8.35. The van der Waals surface area contributed by atoms with E-state index in [0.29, 0.717) is 34.3 Å². The number of hydrogen-bond acceptors (Lipinski definition) is 3. The molecule has 0 fully saturated rings. The topological polar surface area (TPSA) is 47.2 Å². The molecule has 0 unspecified atom stereocenters. The van der Waals surface area contributed by atoms with Gasteiger partial charge in [-0.05, 0) is 35.4 Å². The molecule has 0 atom stereocenters. The summed E-state index contributed by atoms with van der Waals surface area (Å²) in [5.41, 5.74) is 6.63. The predicted octanol–water partition coefficient (Wildman–Crippen LogP) is 6.57. The SMILES string of the molecule is O=c1c2c(nc(-c3ccc(-c4ccccc4)cc3)n1-c1ccc(Cl)cc1)C(c1ccccc1)=NC2. The van der Waals surface area contributed by atoms with Crippen molar-refractivity contribution in [3.05, 3.63) is 141 Å². The van der Waals surface area contributed by atoms with Crippen LogP contribution in [-0.4, -0.2) is 15.3 Å². The van der Waals surface area contributed by atoms with Gasteiger partial charge in [0.2, 0.25) is 0 Å². The molecule has 0 aliphatic carbocycles. The smallest absolute Gasteiger partial charge is 0.264 e. The fourth-order valence-corrected chi connectivity index (χ4v) is 4.54. The molecule has 0 bridgehead atoms. The lowest BCUT2D eigenvalue weighted by molar-refractivity contribution is 0.903. The molecule has 4 nitrogen and oxygen atoms in total. The maximum atomic E-state index is 13.8. The molecular weight excluding hydrogens is 454 g/mol. The predicted molar refractivity (Wildman–Crippen MR) is 142 cm³/mol. The van der Waals surface area contributed by atoms with Crippen LogP contribution in [0.1, 0.15) is 16.8 Å². The monoisotopic (exact) mass is 473 g/mol. The van der Waals surface area contributed by atoms with Crippen LogP contribution >= 0.6 is 11.6 Å². The van der Waals surface area contributed by atoms with Crippen molar-refractivity contribution in [3.8, 4) is 28.2 Å². The molecule has 1 aliphatic rings. The van der Waals surface area contributed by atoms with Gasteiger partial charge in [0.1, 0.15) is 11.5 Å². The lowest BCUT2D eigenvalue weighted by Crippen LogP contribution is -2.27. The fourth-order valence-electron chi connectivity index (χ4n) is 4.42. The Morgan fingerprint density at radius 3 is 1.89 bits per heavy atom. The summed E-state index contributed by atoms with van der Waals surface area (Å²) in [6, 6.07) is 35.5. The van der Waals surface area contributed by atoms with E-state index in [1.54, 1.807) is 16.7 Å². The van der Waals surface area contributed by atoms with Crippen LogP contribution in [0.3, 0.4) is 0 Å². The molecule has 0 saturated carbocycles. The Bertz CT molecular complexity index is 1610. The number of halogens is 1. The molecule has 6 rings (SSSR count). The highest BCUT2D eigenvalue weighted by atomic mass is 35.5. The summed E-state index contributed by atoms with van der Waals surface area (Å²) in [5.74, 6) is 0.571. The molecule has 168 valence electrons. The summed E-state index contributed by atoms with van der Waals surface area (Å²) in [6.07, 6.45) is 0. The maximum Gasteiger partial charge on any atom is 0.264 e. The van der Waals surface area contributed by atoms with E-state index in [0.717, 1.165) is 28.0 Å². The van der Waals surface area contributed by atoms with Gasteiger partial charge in [0, 0.05) is 16.1 Å². The summed E-state index contributed by atoms with van der Waals surface area (Å²) in [6.45, 7) is 0.312. The van der Waals surface area contributed by atoms with Crippen LogP contribution < -0.4 is 5.56 Å². The van der Waals surface area contributed by atoms with Crippen LogP contribution in [0.25, 0.3) is 28.2 Å². The van der Waals surface area contributed by atoms with Crippen molar-refractivity contribution in [2.24, 2.45) is 4.99 Å². The lowest BCUT2D eigenvalue weighted by Gasteiger charge is -2.16. The van der Waals surface area contributed by atoms with Crippen LogP contribution in [0.4, 0.5) is 0 Å². The van der Waals surface area contributed by atoms with Gasteiger partial charge in [-0.3, -0.25) is 14.4 Å². The zero-order valence-electron chi connectivity index (χ0n) is 18.7. The Morgan fingerprint density at radius 1 is 0.657 bits per heavy atom. The highest BCUT2D eigenvalue weighted by Gasteiger charge is 2.26. The molecule has 4 aromatic carbocycles. The van der Waals surface area contributed by atoms with Gasteiger partial charge in [-0.25, -0.2) is 4.98 Å². The Labute approximate surface area is 207 Å². The highest BCUT2D eigenvalue weighted by Crippen LogP contribution is 2.28. The number of fused-ring (bicyclic) bond motifs is 1. The Morgan fingerprint density at radius 2 is 1.23 bits per heavy atom. The van der Waals surface area contributed by atoms with Crippen LogP contribution in [0, 0.1) is 0 Å². The third-order valence-corrected chi connectivity index (χ3v) is 6.43. The quantitative estimate of drug-likeness (QED) is 0.296. The number of rotatable bonds is 4. The first-order valence-corrected chi connectivity index (χ1v) is 11.7. The molecule has 0 spiro atoms. The van der Waals surface area contributed by atoms with Gasteiger partial charge < -0.3 is 0 Å². The number of aromatic nitrogens is 2. The van der Waals surface area contributed by atoms with E-state index in [4.69, 9.17) is 21.6 Å². The van der Waals surface area contributed by atoms with Crippen LogP contribution in [0.5, 0.6) is 0 Å². The van der Waals surface area contributed by atoms with E-state index in [1.165, 1.54) is 0 Å². The van der Waals surface area contributed by atoms with Gasteiger partial charge in [-0.2, -0.15) is 0 Å². The zero-order chi connectivity index (χ0) is 23.8. The fraction of sp³-hybridized carbons (Fsp3) is 0.0333. The molecule has 1 aromatic heterocycles. The first-order valence-electron chi connectivity index (χ1n) is 11.4. The zero-order valence-corrected chi connectivity index (χ0v) is 19.5. The van der Waals surface area contributed by atoms with E-state index in [2.05, 4.69) is 24.3 Å². The summed E-state index contributed by atoms with van der Waals surface area (Å²) in [7, 11) is 0. The van der Waals surface area contributed by atoms with Crippen molar-refractivity contribution in [1.29, 1.82) is 0 Å². The Hall–Kier alpha value is -4.28. The van der Waals surface area contributed by atoms with Crippen molar-refractivity contribution in [2.45, 2.75) is 6.54 Å². The first kappa shape index (κ1) is 21.3. The third kappa shape index (κ3) is 3.88. The Balaban J connectivity index is 1.54. The van der Waals surface area contributed by atoms with Crippen LogP contribution in [-0.2, 0) is 6.54 Å². The summed E-state index contributed by atoms with van der Waals surface area (Å²) in [4.78, 5) is 23.6. The second kappa shape index (κ2) is 8.82. The largest absolute Gasteiger partial charge is 0.277 e. The van der Waals surface area contributed by atoms with Crippen molar-refractivity contribution < 1.29 is 0 Å². The average molecular weight is 474 g/mol. The van der Waals surface area contributed by atoms with Crippen LogP contribution in [0.2, 0.25) is 5.02 Å². The maximum absolute atomic E-state index is 13.8. The minimum atomic E-state index is -0.117. The van der Waals surface area contributed by atoms with Crippen LogP contribution in [0.15, 0.2) is 119 Å². The standard InChI is InChI=1S/C30H20ClN3O/c31-24-15-17-25(18-16-24)34-29(23-13-11-21(12-14-23)20-7-3-1-4-8-20)33-28-26(30(34)35)19-32-27(28)22-9-5-2-6-10-22/h1-18H,19H2. The van der Waals surface area contributed by atoms with Crippen molar-refractivity contribution in [3.63, 3.8) is 0 Å². The van der Waals surface area contributed by atoms with Crippen molar-refractivity contribution in [2.75, 3.05) is 0 Å². The van der Waals surface area contributed by atoms with Gasteiger partial charge in [-0.15, -0.1) is 0 Å². The molecule has 0 amide bonds. The van der Waals surface area contributed by atoms with E-state index in [1.807, 2.05) is 72.8 Å². The summed E-state index contributed by atoms with van der Waals surface area (Å²) >= 11 is 6.13. The molecule has 35 heavy (non-hydrogen) atoms. The highest BCUT2D eigenvalue weighted by molar-refractivity contribution is 6.30. The van der Waals surface area contributed by atoms with Gasteiger partial charge >= 0.3 is 0 Å². The summed E-state index contributed by atoms with van der Waals surface area (Å²) < 4.78 is 1.66. The molecule has 5 heteroatoms. The normalized spacial score (nSPS) is 12.3. The molecule has 0 N–H and O–H groups in total. The molecule has 0 radical (unpaired) electrons. The number of nitrogens with zero attached hydrogens (tertiary/aromatic N) is 3. The number of hydrogen-bond donors (Lipinski definition) is 0. The van der Waals surface area contributed by atoms with Gasteiger partial charge in [0.25, 0.3) is 5.56 Å². The minimum absolute atomic E-state index is 0.117. The number of aliphatic imine (C=N–C) groups is 1. The molecule has 2 heterocycles. The van der Waals surface area contributed by atoms with Crippen molar-refractivity contribution in [1.82, 2.24) is 9.55 Å². The second-order valence-corrected chi connectivity index (χ2v) is 8.79. The first-order chi connectivity index (χ1) is 17.2. The van der Waals surface area contributed by atoms with E-state index < -0.39 is 0 Å². The number of benzene rings is 4. The van der Waals surface area contributed by atoms with E-state index >= 15 is 0 Å². The minimum Gasteiger partial charge on any atom is -0.277 e. The third-order valence-electron chi connectivity index (χ3n) is 6.18. The Kier molecular flexibility index (Phi) is 5.36. The van der Waals surface area contributed by atoms with Gasteiger partial charge in [-0.1, -0.05) is 96.5 Å². The van der Waals surface area contributed by atoms with E-state index in [-0.39, 0.29) is 5.56 Å². The molecule has 0 saturated heterocycles. The van der Waals surface area contributed by atoms with Gasteiger partial charge in [0.05, 0.1) is 23.5 Å². The summed E-state index contributed by atoms with van der Waals surface area (Å²) in [5, 5.41) is 0.611. The lowest BCUT2D eigenvalue weighted by atomic mass is 10.0. The molecule has 5 aromatic rings.